The van der Waals surface area contributed by atoms with E-state index in [0.717, 1.165) is 24.1 Å². The smallest absolute Gasteiger partial charge is 0.0357 e. The molecule has 0 aliphatic heterocycles. The van der Waals surface area contributed by atoms with Crippen molar-refractivity contribution in [2.45, 2.75) is 39.2 Å². The molecule has 0 amide bonds. The van der Waals surface area contributed by atoms with E-state index in [9.17, 15) is 4.21 Å². The van der Waals surface area contributed by atoms with Gasteiger partial charge in [0, 0.05) is 35.4 Å². The summed E-state index contributed by atoms with van der Waals surface area (Å²) in [6.07, 6.45) is 5.79. The average Bonchev–Trinajstić information content (AvgIpc) is 2.12. The zero-order valence-electron chi connectivity index (χ0n) is 9.58. The second-order valence-corrected chi connectivity index (χ2v) is 6.16. The molecule has 1 aliphatic carbocycles. The van der Waals surface area contributed by atoms with Gasteiger partial charge in [0.1, 0.15) is 0 Å². The van der Waals surface area contributed by atoms with Gasteiger partial charge < -0.3 is 5.32 Å². The molecule has 3 heteroatoms. The molecule has 1 rings (SSSR count). The Morgan fingerprint density at radius 1 is 1.36 bits per heavy atom. The van der Waals surface area contributed by atoms with E-state index in [1.807, 2.05) is 0 Å². The summed E-state index contributed by atoms with van der Waals surface area (Å²) < 4.78 is 10.9. The summed E-state index contributed by atoms with van der Waals surface area (Å²) in [5, 5.41) is 3.54. The maximum absolute atomic E-state index is 10.9. The summed E-state index contributed by atoms with van der Waals surface area (Å²) in [5.74, 6) is 2.40. The molecule has 0 aromatic carbocycles. The van der Waals surface area contributed by atoms with Crippen LogP contribution in [0.4, 0.5) is 0 Å². The fourth-order valence-electron chi connectivity index (χ4n) is 2.26. The molecule has 0 heterocycles. The first-order chi connectivity index (χ1) is 6.61. The van der Waals surface area contributed by atoms with E-state index < -0.39 is 10.8 Å². The van der Waals surface area contributed by atoms with Crippen molar-refractivity contribution in [2.24, 2.45) is 11.8 Å². The quantitative estimate of drug-likeness (QED) is 0.778. The zero-order chi connectivity index (χ0) is 10.6. The molecule has 1 N–H and O–H groups in total. The van der Waals surface area contributed by atoms with Crippen molar-refractivity contribution in [2.75, 3.05) is 18.6 Å². The molecular weight excluding hydrogens is 194 g/mol. The van der Waals surface area contributed by atoms with Crippen molar-refractivity contribution in [3.63, 3.8) is 0 Å². The van der Waals surface area contributed by atoms with Gasteiger partial charge in [0.2, 0.25) is 0 Å². The van der Waals surface area contributed by atoms with Crippen molar-refractivity contribution in [1.29, 1.82) is 0 Å². The number of hydrogen-bond donors (Lipinski definition) is 1. The van der Waals surface area contributed by atoms with E-state index in [4.69, 9.17) is 0 Å². The minimum atomic E-state index is -0.652. The van der Waals surface area contributed by atoms with Crippen LogP contribution in [0.3, 0.4) is 0 Å². The Hall–Kier alpha value is 0.110. The van der Waals surface area contributed by atoms with Gasteiger partial charge in [-0.05, 0) is 18.3 Å². The highest BCUT2D eigenvalue weighted by molar-refractivity contribution is 7.84. The average molecular weight is 217 g/mol. The predicted molar refractivity (Wildman–Crippen MR) is 62.9 cm³/mol. The van der Waals surface area contributed by atoms with Gasteiger partial charge in [0.05, 0.1) is 0 Å². The van der Waals surface area contributed by atoms with Crippen LogP contribution in [0, 0.1) is 11.8 Å². The maximum atomic E-state index is 10.9. The molecule has 1 saturated carbocycles. The molecule has 1 fully saturated rings. The van der Waals surface area contributed by atoms with Crippen molar-refractivity contribution < 1.29 is 4.21 Å². The molecular formula is C11H23NOS. The molecule has 14 heavy (non-hydrogen) atoms. The Kier molecular flexibility index (Phi) is 5.10. The highest BCUT2D eigenvalue weighted by atomic mass is 32.2. The Morgan fingerprint density at radius 3 is 2.71 bits per heavy atom. The Labute approximate surface area is 90.3 Å². The third kappa shape index (κ3) is 3.70. The lowest BCUT2D eigenvalue weighted by Crippen LogP contribution is -2.42. The number of nitrogens with one attached hydrogen (secondary N) is 1. The van der Waals surface area contributed by atoms with Gasteiger partial charge in [0.25, 0.3) is 0 Å². The second kappa shape index (κ2) is 5.86. The number of hydrogen-bond acceptors (Lipinski definition) is 2. The van der Waals surface area contributed by atoms with Crippen LogP contribution in [-0.4, -0.2) is 28.8 Å². The standard InChI is InChI=1S/C11H23NOS/c1-9-5-4-6-11(10(9)2)12-7-8-14(3)13/h9-12H,4-8H2,1-3H3. The van der Waals surface area contributed by atoms with Gasteiger partial charge >= 0.3 is 0 Å². The highest BCUT2D eigenvalue weighted by Crippen LogP contribution is 2.29. The van der Waals surface area contributed by atoms with Crippen LogP contribution in [0.5, 0.6) is 0 Å². The van der Waals surface area contributed by atoms with E-state index in [1.165, 1.54) is 19.3 Å². The Bertz CT molecular complexity index is 196. The molecule has 2 nitrogen and oxygen atoms in total. The van der Waals surface area contributed by atoms with Gasteiger partial charge in [-0.1, -0.05) is 26.7 Å². The van der Waals surface area contributed by atoms with Gasteiger partial charge in [-0.15, -0.1) is 0 Å². The van der Waals surface area contributed by atoms with Crippen molar-refractivity contribution in [3.05, 3.63) is 0 Å². The lowest BCUT2D eigenvalue weighted by Gasteiger charge is -2.34. The van der Waals surface area contributed by atoms with Gasteiger partial charge in [-0.2, -0.15) is 0 Å². The van der Waals surface area contributed by atoms with Crippen LogP contribution < -0.4 is 5.32 Å². The first-order valence-electron chi connectivity index (χ1n) is 5.64. The van der Waals surface area contributed by atoms with Crippen molar-refractivity contribution in [1.82, 2.24) is 5.32 Å². The normalized spacial score (nSPS) is 35.5. The van der Waals surface area contributed by atoms with Gasteiger partial charge in [-0.25, -0.2) is 0 Å². The Morgan fingerprint density at radius 2 is 2.07 bits per heavy atom. The third-order valence-corrected chi connectivity index (χ3v) is 4.28. The molecule has 84 valence electrons. The van der Waals surface area contributed by atoms with Crippen LogP contribution in [-0.2, 0) is 10.8 Å². The SMILES string of the molecule is CC1CCCC(NCCS(C)=O)C1C. The van der Waals surface area contributed by atoms with E-state index in [-0.39, 0.29) is 0 Å². The zero-order valence-corrected chi connectivity index (χ0v) is 10.4. The van der Waals surface area contributed by atoms with Gasteiger partial charge in [0.15, 0.2) is 0 Å². The minimum Gasteiger partial charge on any atom is -0.313 e. The molecule has 0 aromatic heterocycles. The highest BCUT2D eigenvalue weighted by Gasteiger charge is 2.26. The van der Waals surface area contributed by atoms with E-state index >= 15 is 0 Å². The van der Waals surface area contributed by atoms with Crippen LogP contribution >= 0.6 is 0 Å². The number of rotatable bonds is 4. The molecule has 0 aromatic rings. The third-order valence-electron chi connectivity index (χ3n) is 3.50. The predicted octanol–water partition coefficient (Wildman–Crippen LogP) is 1.78. The largest absolute Gasteiger partial charge is 0.313 e. The second-order valence-electron chi connectivity index (χ2n) is 4.61. The minimum absolute atomic E-state index is 0.652. The molecule has 0 saturated heterocycles. The maximum Gasteiger partial charge on any atom is 0.0357 e. The molecule has 4 unspecified atom stereocenters. The molecule has 4 atom stereocenters. The van der Waals surface area contributed by atoms with E-state index in [2.05, 4.69) is 19.2 Å². The molecule has 0 bridgehead atoms. The summed E-state index contributed by atoms with van der Waals surface area (Å²) in [7, 11) is -0.652. The van der Waals surface area contributed by atoms with E-state index in [1.54, 1.807) is 6.26 Å². The summed E-state index contributed by atoms with van der Waals surface area (Å²) in [6.45, 7) is 5.59. The summed E-state index contributed by atoms with van der Waals surface area (Å²) in [6, 6.07) is 0.655. The summed E-state index contributed by atoms with van der Waals surface area (Å²) in [5.41, 5.74) is 0. The van der Waals surface area contributed by atoms with Crippen LogP contribution in [0.25, 0.3) is 0 Å². The first-order valence-corrected chi connectivity index (χ1v) is 7.37. The lowest BCUT2D eigenvalue weighted by atomic mass is 9.78. The summed E-state index contributed by atoms with van der Waals surface area (Å²) >= 11 is 0. The first kappa shape index (κ1) is 12.2. The fraction of sp³-hybridized carbons (Fsp3) is 1.00. The Balaban J connectivity index is 2.25. The van der Waals surface area contributed by atoms with Crippen LogP contribution in [0.1, 0.15) is 33.1 Å². The van der Waals surface area contributed by atoms with E-state index in [0.29, 0.717) is 6.04 Å². The van der Waals surface area contributed by atoms with Crippen molar-refractivity contribution in [3.8, 4) is 0 Å². The van der Waals surface area contributed by atoms with Gasteiger partial charge in [-0.3, -0.25) is 4.21 Å². The summed E-state index contributed by atoms with van der Waals surface area (Å²) in [4.78, 5) is 0. The van der Waals surface area contributed by atoms with Crippen molar-refractivity contribution >= 4 is 10.8 Å². The fourth-order valence-corrected chi connectivity index (χ4v) is 2.66. The topological polar surface area (TPSA) is 29.1 Å². The molecule has 0 spiro atoms. The van der Waals surface area contributed by atoms with Crippen LogP contribution in [0.15, 0.2) is 0 Å². The molecule has 0 radical (unpaired) electrons. The molecule has 1 aliphatic rings. The lowest BCUT2D eigenvalue weighted by molar-refractivity contribution is 0.209. The van der Waals surface area contributed by atoms with Crippen LogP contribution in [0.2, 0.25) is 0 Å². The monoisotopic (exact) mass is 217 g/mol.